The van der Waals surface area contributed by atoms with E-state index in [1.54, 1.807) is 6.07 Å². The third-order valence-electron chi connectivity index (χ3n) is 8.94. The maximum absolute atomic E-state index is 12.5. The summed E-state index contributed by atoms with van der Waals surface area (Å²) in [6, 6.07) is 4.09. The van der Waals surface area contributed by atoms with Crippen molar-refractivity contribution in [2.75, 3.05) is 37.9 Å². The molecule has 0 aromatic heterocycles. The van der Waals surface area contributed by atoms with Crippen LogP contribution in [0.2, 0.25) is 0 Å². The minimum Gasteiger partial charge on any atom is -0.504 e. The lowest BCUT2D eigenvalue weighted by Crippen LogP contribution is -2.78. The highest BCUT2D eigenvalue weighted by molar-refractivity contribution is 6.18. The molecule has 31 heavy (non-hydrogen) atoms. The van der Waals surface area contributed by atoms with Gasteiger partial charge < -0.3 is 14.9 Å². The topological polar surface area (TPSA) is 56.2 Å². The molecule has 7 heteroatoms. The fraction of sp³-hybridized carbons (Fsp3) is 0.750. The number of alkyl halides is 2. The largest absolute Gasteiger partial charge is 0.504 e. The van der Waals surface area contributed by atoms with Crippen molar-refractivity contribution < 1.29 is 14.9 Å². The van der Waals surface area contributed by atoms with Crippen LogP contribution in [0.4, 0.5) is 0 Å². The van der Waals surface area contributed by atoms with Crippen LogP contribution in [-0.2, 0) is 11.8 Å². The maximum atomic E-state index is 12.5. The zero-order valence-corrected chi connectivity index (χ0v) is 19.4. The van der Waals surface area contributed by atoms with Crippen LogP contribution in [-0.4, -0.2) is 81.7 Å². The Kier molecular flexibility index (Phi) is 4.97. The van der Waals surface area contributed by atoms with Crippen molar-refractivity contribution in [2.45, 2.75) is 67.7 Å². The minimum atomic E-state index is -0.832. The summed E-state index contributed by atoms with van der Waals surface area (Å²) in [6.45, 7) is 3.58. The van der Waals surface area contributed by atoms with E-state index in [-0.39, 0.29) is 23.9 Å². The highest BCUT2D eigenvalue weighted by Gasteiger charge is 2.73. The number of hydrogen-bond acceptors (Lipinski definition) is 5. The Bertz CT molecular complexity index is 875. The smallest absolute Gasteiger partial charge is 0.165 e. The zero-order chi connectivity index (χ0) is 21.4. The number of rotatable bonds is 7. The number of phenolic OH excluding ortho intramolecular Hbond substituents is 1. The molecule has 3 aliphatic carbocycles. The number of nitrogens with zero attached hydrogens (tertiary/aromatic N) is 2. The SMILES string of the molecule is Oc1ccc2c3c1O[C@H]1C(N(CCCl)CCCl)CC[C@]4(O)[C@@H](C2)N(CC2CC2)CC[C@]314. The number of ether oxygens (including phenoxy) is 1. The maximum Gasteiger partial charge on any atom is 0.165 e. The molecule has 5 nitrogen and oxygen atoms in total. The molecule has 6 rings (SSSR count). The van der Waals surface area contributed by atoms with Gasteiger partial charge in [0.2, 0.25) is 0 Å². The van der Waals surface area contributed by atoms with Gasteiger partial charge in [-0.3, -0.25) is 9.80 Å². The quantitative estimate of drug-likeness (QED) is 0.604. The van der Waals surface area contributed by atoms with Crippen molar-refractivity contribution in [3.63, 3.8) is 0 Å². The number of likely N-dealkylation sites (tertiary alicyclic amines) is 1. The van der Waals surface area contributed by atoms with Crippen LogP contribution >= 0.6 is 23.2 Å². The van der Waals surface area contributed by atoms with E-state index in [1.165, 1.54) is 18.4 Å². The zero-order valence-electron chi connectivity index (χ0n) is 17.9. The first-order chi connectivity index (χ1) is 15.0. The van der Waals surface area contributed by atoms with E-state index in [2.05, 4.69) is 15.9 Å². The summed E-state index contributed by atoms with van der Waals surface area (Å²) in [5.41, 5.74) is 1.02. The van der Waals surface area contributed by atoms with E-state index >= 15 is 0 Å². The number of halogens is 2. The van der Waals surface area contributed by atoms with E-state index in [4.69, 9.17) is 27.9 Å². The number of phenols is 1. The molecule has 1 unspecified atom stereocenters. The van der Waals surface area contributed by atoms with Crippen LogP contribution in [0.5, 0.6) is 11.5 Å². The fourth-order valence-electron chi connectivity index (χ4n) is 7.49. The molecule has 5 atom stereocenters. The van der Waals surface area contributed by atoms with Crippen LogP contribution in [0.25, 0.3) is 0 Å². The van der Waals surface area contributed by atoms with Crippen molar-refractivity contribution in [2.24, 2.45) is 5.92 Å². The summed E-state index contributed by atoms with van der Waals surface area (Å²) >= 11 is 12.3. The van der Waals surface area contributed by atoms with Gasteiger partial charge in [-0.2, -0.15) is 0 Å². The Balaban J connectivity index is 1.47. The normalized spacial score (nSPS) is 38.3. The Morgan fingerprint density at radius 1 is 1.13 bits per heavy atom. The Hall–Kier alpha value is -0.720. The monoisotopic (exact) mass is 466 g/mol. The predicted molar refractivity (Wildman–Crippen MR) is 122 cm³/mol. The second-order valence-corrected chi connectivity index (χ2v) is 11.1. The van der Waals surface area contributed by atoms with Crippen LogP contribution in [0.3, 0.4) is 0 Å². The van der Waals surface area contributed by atoms with Gasteiger partial charge in [-0.1, -0.05) is 6.07 Å². The number of aliphatic hydroxyl groups is 1. The standard InChI is InChI=1S/C24H32Cl2N2O3/c25-8-11-27(12-9-26)17-5-6-24(30)19-13-16-3-4-18(29)21-20(16)23(24,22(17)31-21)7-10-28(19)14-15-1-2-15/h3-4,15,17,19,22,29-30H,1-2,5-14H2/t17?,19-,22+,23+,24+/m1/s1. The summed E-state index contributed by atoms with van der Waals surface area (Å²) in [5.74, 6) is 2.68. The van der Waals surface area contributed by atoms with Crippen molar-refractivity contribution in [3.8, 4) is 11.5 Å². The third-order valence-corrected chi connectivity index (χ3v) is 9.28. The molecule has 1 aromatic rings. The molecule has 2 heterocycles. The van der Waals surface area contributed by atoms with Crippen LogP contribution < -0.4 is 4.74 Å². The first-order valence-electron chi connectivity index (χ1n) is 11.9. The van der Waals surface area contributed by atoms with Gasteiger partial charge in [0.15, 0.2) is 11.5 Å². The van der Waals surface area contributed by atoms with Gasteiger partial charge in [0.05, 0.1) is 11.0 Å². The summed E-state index contributed by atoms with van der Waals surface area (Å²) in [5, 5.41) is 23.2. The average Bonchev–Trinajstić information content (AvgIpc) is 3.49. The van der Waals surface area contributed by atoms with Gasteiger partial charge in [-0.05, 0) is 62.6 Å². The highest BCUT2D eigenvalue weighted by Crippen LogP contribution is 2.66. The van der Waals surface area contributed by atoms with Crippen LogP contribution in [0.1, 0.15) is 43.2 Å². The Morgan fingerprint density at radius 3 is 2.61 bits per heavy atom. The summed E-state index contributed by atoms with van der Waals surface area (Å²) in [4.78, 5) is 4.92. The van der Waals surface area contributed by atoms with Gasteiger partial charge >= 0.3 is 0 Å². The van der Waals surface area contributed by atoms with Gasteiger partial charge in [0, 0.05) is 49.0 Å². The van der Waals surface area contributed by atoms with Crippen LogP contribution in [0.15, 0.2) is 12.1 Å². The lowest BCUT2D eigenvalue weighted by atomic mass is 9.48. The molecule has 2 aliphatic heterocycles. The molecule has 1 saturated heterocycles. The molecule has 2 saturated carbocycles. The molecule has 2 N–H and O–H groups in total. The first-order valence-corrected chi connectivity index (χ1v) is 12.9. The molecule has 0 radical (unpaired) electrons. The molecule has 170 valence electrons. The molecular formula is C24H32Cl2N2O3. The molecule has 2 bridgehead atoms. The molecule has 1 aromatic carbocycles. The van der Waals surface area contributed by atoms with Crippen molar-refractivity contribution in [3.05, 3.63) is 23.3 Å². The highest BCUT2D eigenvalue weighted by atomic mass is 35.5. The summed E-state index contributed by atoms with van der Waals surface area (Å²) in [7, 11) is 0. The van der Waals surface area contributed by atoms with Crippen LogP contribution in [0, 0.1) is 5.92 Å². The lowest BCUT2D eigenvalue weighted by molar-refractivity contribution is -0.200. The van der Waals surface area contributed by atoms with Gasteiger partial charge in [-0.25, -0.2) is 0 Å². The minimum absolute atomic E-state index is 0.117. The van der Waals surface area contributed by atoms with E-state index in [0.717, 1.165) is 63.3 Å². The van der Waals surface area contributed by atoms with Crippen molar-refractivity contribution in [1.29, 1.82) is 0 Å². The molecule has 1 spiro atoms. The predicted octanol–water partition coefficient (Wildman–Crippen LogP) is 3.10. The molecule has 3 fully saturated rings. The average molecular weight is 467 g/mol. The first kappa shape index (κ1) is 20.9. The number of benzene rings is 1. The Labute approximate surface area is 194 Å². The van der Waals surface area contributed by atoms with E-state index in [0.29, 0.717) is 17.5 Å². The molecular weight excluding hydrogens is 435 g/mol. The van der Waals surface area contributed by atoms with Gasteiger partial charge in [-0.15, -0.1) is 23.2 Å². The number of hydrogen-bond donors (Lipinski definition) is 2. The molecule has 0 amide bonds. The molecule has 5 aliphatic rings. The summed E-state index contributed by atoms with van der Waals surface area (Å²) in [6.07, 6.45) is 5.76. The second-order valence-electron chi connectivity index (χ2n) is 10.3. The van der Waals surface area contributed by atoms with Gasteiger partial charge in [0.25, 0.3) is 0 Å². The lowest BCUT2D eigenvalue weighted by Gasteiger charge is -2.65. The number of aromatic hydroxyl groups is 1. The number of piperidine rings is 1. The Morgan fingerprint density at radius 2 is 1.90 bits per heavy atom. The van der Waals surface area contributed by atoms with Crippen molar-refractivity contribution in [1.82, 2.24) is 9.80 Å². The summed E-state index contributed by atoms with van der Waals surface area (Å²) < 4.78 is 6.63. The van der Waals surface area contributed by atoms with E-state index in [9.17, 15) is 10.2 Å². The van der Waals surface area contributed by atoms with E-state index in [1.807, 2.05) is 0 Å². The van der Waals surface area contributed by atoms with E-state index < -0.39 is 11.0 Å². The third kappa shape index (κ3) is 2.80. The van der Waals surface area contributed by atoms with Gasteiger partial charge in [0.1, 0.15) is 6.10 Å². The second kappa shape index (κ2) is 7.39. The fourth-order valence-corrected chi connectivity index (χ4v) is 7.92. The van der Waals surface area contributed by atoms with Crippen molar-refractivity contribution >= 4 is 23.2 Å².